The minimum Gasteiger partial charge on any atom is -0.0654 e. The molecule has 0 aliphatic carbocycles. The summed E-state index contributed by atoms with van der Waals surface area (Å²) in [5.41, 5.74) is 0.583. The van der Waals surface area contributed by atoms with E-state index in [4.69, 9.17) is 0 Å². The fourth-order valence-electron chi connectivity index (χ4n) is 0.750. The van der Waals surface area contributed by atoms with Gasteiger partial charge in [-0.1, -0.05) is 80.1 Å². The van der Waals surface area contributed by atoms with E-state index in [1.807, 2.05) is 0 Å². The highest BCUT2D eigenvalue weighted by molar-refractivity contribution is 4.61. The van der Waals surface area contributed by atoms with Crippen LogP contribution in [0, 0.1) is 5.41 Å². The summed E-state index contributed by atoms with van der Waals surface area (Å²) >= 11 is 0. The summed E-state index contributed by atoms with van der Waals surface area (Å²) in [5, 5.41) is 0. The van der Waals surface area contributed by atoms with E-state index >= 15 is 0 Å². The Morgan fingerprint density at radius 3 is 1.08 bits per heavy atom. The molecule has 0 aromatic heterocycles. The van der Waals surface area contributed by atoms with Gasteiger partial charge in [0.25, 0.3) is 0 Å². The van der Waals surface area contributed by atoms with Crippen LogP contribution in [-0.2, 0) is 0 Å². The molecule has 0 saturated carbocycles. The van der Waals surface area contributed by atoms with Gasteiger partial charge in [0, 0.05) is 0 Å². The van der Waals surface area contributed by atoms with Gasteiger partial charge in [-0.2, -0.15) is 0 Å². The van der Waals surface area contributed by atoms with Crippen molar-refractivity contribution in [3.05, 3.63) is 0 Å². The van der Waals surface area contributed by atoms with Crippen molar-refractivity contribution in [2.45, 2.75) is 80.1 Å². The first-order valence-corrected chi connectivity index (χ1v) is 6.04. The van der Waals surface area contributed by atoms with Crippen LogP contribution in [-0.4, -0.2) is 0 Å². The third-order valence-corrected chi connectivity index (χ3v) is 2.87. The third kappa shape index (κ3) is 14.8. The average molecular weight is 186 g/mol. The maximum Gasteiger partial charge on any atom is -0.0359 e. The molecule has 0 heteroatoms. The van der Waals surface area contributed by atoms with E-state index in [0.717, 1.165) is 0 Å². The molecule has 0 unspecified atom stereocenters. The largest absolute Gasteiger partial charge is 0.0654 e. The maximum absolute atomic E-state index is 2.30. The molecule has 0 nitrogen and oxygen atoms in total. The molecule has 0 rings (SSSR count). The molecule has 0 spiro atoms. The van der Waals surface area contributed by atoms with Gasteiger partial charge in [0.1, 0.15) is 0 Å². The second kappa shape index (κ2) is 10.1. The van der Waals surface area contributed by atoms with Gasteiger partial charge in [-0.05, 0) is 5.41 Å². The van der Waals surface area contributed by atoms with E-state index in [9.17, 15) is 0 Å². The second-order valence-electron chi connectivity index (χ2n) is 4.58. The van der Waals surface area contributed by atoms with E-state index in [1.54, 1.807) is 0 Å². The van der Waals surface area contributed by atoms with Crippen molar-refractivity contribution < 1.29 is 0 Å². The van der Waals surface area contributed by atoms with Crippen LogP contribution in [0.4, 0.5) is 0 Å². The summed E-state index contributed by atoms with van der Waals surface area (Å²) in [4.78, 5) is 0. The lowest BCUT2D eigenvalue weighted by molar-refractivity contribution is 0.338. The summed E-state index contributed by atoms with van der Waals surface area (Å²) in [5.74, 6) is 0. The molecule has 0 N–H and O–H groups in total. The fourth-order valence-corrected chi connectivity index (χ4v) is 0.750. The Kier molecular flexibility index (Phi) is 12.0. The van der Waals surface area contributed by atoms with E-state index < -0.39 is 0 Å². The van der Waals surface area contributed by atoms with Crippen molar-refractivity contribution in [1.82, 2.24) is 0 Å². The summed E-state index contributed by atoms with van der Waals surface area (Å²) in [7, 11) is 0. The van der Waals surface area contributed by atoms with Gasteiger partial charge < -0.3 is 0 Å². The number of unbranched alkanes of at least 4 members (excludes halogenated alkanes) is 3. The monoisotopic (exact) mass is 186 g/mol. The Balaban J connectivity index is 0. The molecule has 0 heterocycles. The molecule has 0 radical (unpaired) electrons. The molecule has 82 valence electrons. The average Bonchev–Trinajstić information content (AvgIpc) is 2.16. The number of rotatable bonds is 5. The van der Waals surface area contributed by atoms with Crippen molar-refractivity contribution in [2.24, 2.45) is 5.41 Å². The van der Waals surface area contributed by atoms with Crippen LogP contribution in [0.5, 0.6) is 0 Å². The summed E-state index contributed by atoms with van der Waals surface area (Å²) < 4.78 is 0. The van der Waals surface area contributed by atoms with Crippen LogP contribution in [0.3, 0.4) is 0 Å². The topological polar surface area (TPSA) is 0 Å². The van der Waals surface area contributed by atoms with Gasteiger partial charge in [0.2, 0.25) is 0 Å². The lowest BCUT2D eigenvalue weighted by atomic mass is 9.88. The van der Waals surface area contributed by atoms with Crippen LogP contribution in [0.25, 0.3) is 0 Å². The molecule has 0 amide bonds. The minimum absolute atomic E-state index is 0.583. The Hall–Kier alpha value is 0. The SMILES string of the molecule is CCC(C)(C)CC.CCCCCC. The summed E-state index contributed by atoms with van der Waals surface area (Å²) in [6, 6.07) is 0. The first-order valence-electron chi connectivity index (χ1n) is 6.04. The van der Waals surface area contributed by atoms with Gasteiger partial charge in [-0.3, -0.25) is 0 Å². The second-order valence-corrected chi connectivity index (χ2v) is 4.58. The fraction of sp³-hybridized carbons (Fsp3) is 1.00. The molecule has 0 aromatic carbocycles. The molecule has 0 aliphatic rings. The standard InChI is InChI=1S/C7H16.C6H14/c1-5-7(3,4)6-2;1-3-5-6-4-2/h5-6H2,1-4H3;3-6H2,1-2H3. The van der Waals surface area contributed by atoms with Crippen LogP contribution >= 0.6 is 0 Å². The molecule has 0 aliphatic heterocycles. The van der Waals surface area contributed by atoms with Crippen LogP contribution in [0.2, 0.25) is 0 Å². The quantitative estimate of drug-likeness (QED) is 0.503. The highest BCUT2D eigenvalue weighted by atomic mass is 14.1. The molecule has 0 saturated heterocycles. The van der Waals surface area contributed by atoms with Crippen LogP contribution in [0.15, 0.2) is 0 Å². The van der Waals surface area contributed by atoms with Gasteiger partial charge in [0.05, 0.1) is 0 Å². The lowest BCUT2D eigenvalue weighted by Gasteiger charge is -2.18. The minimum atomic E-state index is 0.583. The van der Waals surface area contributed by atoms with Crippen LogP contribution < -0.4 is 0 Å². The predicted molar refractivity (Wildman–Crippen MR) is 64.2 cm³/mol. The molecule has 0 aromatic rings. The maximum atomic E-state index is 2.30. The predicted octanol–water partition coefficient (Wildman–Crippen LogP) is 5.42. The van der Waals surface area contributed by atoms with Gasteiger partial charge in [-0.25, -0.2) is 0 Å². The summed E-state index contributed by atoms with van der Waals surface area (Å²) in [6.07, 6.45) is 8.13. The zero-order valence-corrected chi connectivity index (χ0v) is 10.7. The van der Waals surface area contributed by atoms with Crippen molar-refractivity contribution in [3.8, 4) is 0 Å². The molecule has 13 heavy (non-hydrogen) atoms. The first-order chi connectivity index (χ1) is 6.04. The smallest absolute Gasteiger partial charge is 0.0359 e. The Morgan fingerprint density at radius 2 is 1.00 bits per heavy atom. The molecule has 0 fully saturated rings. The Labute approximate surface area is 86.1 Å². The highest BCUT2D eigenvalue weighted by Gasteiger charge is 2.09. The first kappa shape index (κ1) is 15.5. The van der Waals surface area contributed by atoms with E-state index in [2.05, 4.69) is 41.5 Å². The van der Waals surface area contributed by atoms with Crippen molar-refractivity contribution in [3.63, 3.8) is 0 Å². The molecular weight excluding hydrogens is 156 g/mol. The number of hydrogen-bond donors (Lipinski definition) is 0. The Morgan fingerprint density at radius 1 is 0.692 bits per heavy atom. The lowest BCUT2D eigenvalue weighted by Crippen LogP contribution is -2.05. The van der Waals surface area contributed by atoms with Crippen molar-refractivity contribution in [1.29, 1.82) is 0 Å². The highest BCUT2D eigenvalue weighted by Crippen LogP contribution is 2.22. The molecular formula is C13H30. The van der Waals surface area contributed by atoms with Gasteiger partial charge in [-0.15, -0.1) is 0 Å². The number of hydrogen-bond acceptors (Lipinski definition) is 0. The van der Waals surface area contributed by atoms with E-state index in [-0.39, 0.29) is 0 Å². The van der Waals surface area contributed by atoms with Crippen LogP contribution in [0.1, 0.15) is 80.1 Å². The van der Waals surface area contributed by atoms with Gasteiger partial charge >= 0.3 is 0 Å². The zero-order chi connectivity index (χ0) is 10.7. The van der Waals surface area contributed by atoms with E-state index in [1.165, 1.54) is 38.5 Å². The van der Waals surface area contributed by atoms with Gasteiger partial charge in [0.15, 0.2) is 0 Å². The van der Waals surface area contributed by atoms with Crippen molar-refractivity contribution >= 4 is 0 Å². The third-order valence-electron chi connectivity index (χ3n) is 2.87. The summed E-state index contributed by atoms with van der Waals surface area (Å²) in [6.45, 7) is 13.5. The molecule has 0 atom stereocenters. The van der Waals surface area contributed by atoms with Crippen molar-refractivity contribution in [2.75, 3.05) is 0 Å². The normalized spacial score (nSPS) is 10.6. The Bertz CT molecular complexity index is 72.0. The zero-order valence-electron chi connectivity index (χ0n) is 10.7. The molecule has 0 bridgehead atoms. The van der Waals surface area contributed by atoms with E-state index in [0.29, 0.717) is 5.41 Å².